The summed E-state index contributed by atoms with van der Waals surface area (Å²) in [6, 6.07) is 16.0. The van der Waals surface area contributed by atoms with Crippen molar-refractivity contribution in [3.8, 4) is 11.3 Å². The average Bonchev–Trinajstić information content (AvgIpc) is 2.58. The first kappa shape index (κ1) is 20.6. The van der Waals surface area contributed by atoms with Crippen molar-refractivity contribution >= 4 is 10.8 Å². The molecular formula is C27H35N. The lowest BCUT2D eigenvalue weighted by Crippen LogP contribution is -2.16. The fourth-order valence-corrected chi connectivity index (χ4v) is 3.69. The zero-order valence-electron chi connectivity index (χ0n) is 18.9. The largest absolute Gasteiger partial charge is 0.256 e. The summed E-state index contributed by atoms with van der Waals surface area (Å²) in [5.41, 5.74) is 6.65. The summed E-state index contributed by atoms with van der Waals surface area (Å²) in [5.74, 6) is 0.663. The minimum Gasteiger partial charge on any atom is -0.256 e. The number of nitrogens with zero attached hydrogens (tertiary/aromatic N) is 1. The van der Waals surface area contributed by atoms with Crippen LogP contribution in [0.15, 0.2) is 48.7 Å². The second kappa shape index (κ2) is 7.35. The standard InChI is InChI=1S/C27H35N/c1-18(2)13-19-9-10-24-20(14-19)11-12-28-25(24)21-15-22(26(3,4)5)17-23(16-21)27(6,7)8/h9-12,14-18H,13H2,1-8H3. The maximum atomic E-state index is 4.81. The summed E-state index contributed by atoms with van der Waals surface area (Å²) in [4.78, 5) is 4.81. The molecule has 0 saturated heterocycles. The van der Waals surface area contributed by atoms with Gasteiger partial charge in [0, 0.05) is 17.1 Å². The molecule has 3 rings (SSSR count). The third-order valence-electron chi connectivity index (χ3n) is 5.41. The summed E-state index contributed by atoms with van der Waals surface area (Å²) in [5, 5.41) is 2.52. The number of aromatic nitrogens is 1. The van der Waals surface area contributed by atoms with Crippen LogP contribution in [0.3, 0.4) is 0 Å². The maximum Gasteiger partial charge on any atom is 0.0780 e. The van der Waals surface area contributed by atoms with Gasteiger partial charge in [0.2, 0.25) is 0 Å². The highest BCUT2D eigenvalue weighted by Gasteiger charge is 2.21. The van der Waals surface area contributed by atoms with E-state index in [-0.39, 0.29) is 10.8 Å². The third-order valence-corrected chi connectivity index (χ3v) is 5.41. The molecule has 3 aromatic rings. The van der Waals surface area contributed by atoms with E-state index in [4.69, 9.17) is 4.98 Å². The Morgan fingerprint density at radius 2 is 1.39 bits per heavy atom. The van der Waals surface area contributed by atoms with Crippen molar-refractivity contribution in [1.29, 1.82) is 0 Å². The van der Waals surface area contributed by atoms with Crippen LogP contribution >= 0.6 is 0 Å². The van der Waals surface area contributed by atoms with Gasteiger partial charge in [0.05, 0.1) is 5.69 Å². The van der Waals surface area contributed by atoms with Crippen LogP contribution in [0, 0.1) is 5.92 Å². The van der Waals surface area contributed by atoms with Gasteiger partial charge in [-0.25, -0.2) is 0 Å². The summed E-state index contributed by atoms with van der Waals surface area (Å²) < 4.78 is 0. The monoisotopic (exact) mass is 373 g/mol. The molecule has 0 atom stereocenters. The van der Waals surface area contributed by atoms with E-state index >= 15 is 0 Å². The third kappa shape index (κ3) is 4.46. The molecule has 0 amide bonds. The minimum absolute atomic E-state index is 0.102. The van der Waals surface area contributed by atoms with Crippen molar-refractivity contribution < 1.29 is 0 Å². The molecular weight excluding hydrogens is 338 g/mol. The van der Waals surface area contributed by atoms with E-state index in [1.54, 1.807) is 0 Å². The zero-order valence-corrected chi connectivity index (χ0v) is 18.9. The number of hydrogen-bond donors (Lipinski definition) is 0. The first-order valence-corrected chi connectivity index (χ1v) is 10.5. The quantitative estimate of drug-likeness (QED) is 0.458. The molecule has 28 heavy (non-hydrogen) atoms. The second-order valence-electron chi connectivity index (χ2n) is 10.6. The fourth-order valence-electron chi connectivity index (χ4n) is 3.69. The van der Waals surface area contributed by atoms with Crippen molar-refractivity contribution in [2.24, 2.45) is 5.92 Å². The molecule has 0 aliphatic heterocycles. The van der Waals surface area contributed by atoms with Crippen LogP contribution in [0.5, 0.6) is 0 Å². The van der Waals surface area contributed by atoms with E-state index in [9.17, 15) is 0 Å². The van der Waals surface area contributed by atoms with Gasteiger partial charge in [-0.1, -0.05) is 79.7 Å². The number of benzene rings is 2. The molecule has 0 bridgehead atoms. The highest BCUT2D eigenvalue weighted by molar-refractivity contribution is 5.95. The van der Waals surface area contributed by atoms with Gasteiger partial charge in [0.1, 0.15) is 0 Å². The summed E-state index contributed by atoms with van der Waals surface area (Å²) >= 11 is 0. The summed E-state index contributed by atoms with van der Waals surface area (Å²) in [6.45, 7) is 18.3. The Labute approximate surface area is 171 Å². The topological polar surface area (TPSA) is 12.9 Å². The smallest absolute Gasteiger partial charge is 0.0780 e. The Bertz CT molecular complexity index is 949. The van der Waals surface area contributed by atoms with Crippen LogP contribution in [0.4, 0.5) is 0 Å². The van der Waals surface area contributed by atoms with E-state index in [0.717, 1.165) is 12.1 Å². The first-order valence-electron chi connectivity index (χ1n) is 10.5. The highest BCUT2D eigenvalue weighted by atomic mass is 14.7. The molecule has 1 aromatic heterocycles. The molecule has 0 aliphatic rings. The number of pyridine rings is 1. The van der Waals surface area contributed by atoms with Gasteiger partial charge < -0.3 is 0 Å². The van der Waals surface area contributed by atoms with E-state index < -0.39 is 0 Å². The van der Waals surface area contributed by atoms with Crippen molar-refractivity contribution in [1.82, 2.24) is 4.98 Å². The lowest BCUT2D eigenvalue weighted by Gasteiger charge is -2.26. The molecule has 1 heteroatoms. The molecule has 0 radical (unpaired) electrons. The van der Waals surface area contributed by atoms with Gasteiger partial charge in [-0.05, 0) is 63.4 Å². The van der Waals surface area contributed by atoms with Crippen molar-refractivity contribution in [3.63, 3.8) is 0 Å². The first-order chi connectivity index (χ1) is 12.9. The Morgan fingerprint density at radius 1 is 0.786 bits per heavy atom. The predicted molar refractivity (Wildman–Crippen MR) is 123 cm³/mol. The van der Waals surface area contributed by atoms with E-state index in [2.05, 4.69) is 97.9 Å². The number of fused-ring (bicyclic) bond motifs is 1. The molecule has 1 heterocycles. The summed E-state index contributed by atoms with van der Waals surface area (Å²) in [7, 11) is 0. The van der Waals surface area contributed by atoms with Gasteiger partial charge in [0.25, 0.3) is 0 Å². The summed E-state index contributed by atoms with van der Waals surface area (Å²) in [6.07, 6.45) is 3.07. The molecule has 0 aliphatic carbocycles. The van der Waals surface area contributed by atoms with Gasteiger partial charge in [-0.15, -0.1) is 0 Å². The van der Waals surface area contributed by atoms with E-state index in [1.165, 1.54) is 33.0 Å². The Balaban J connectivity index is 2.21. The van der Waals surface area contributed by atoms with E-state index in [1.807, 2.05) is 6.20 Å². The van der Waals surface area contributed by atoms with Crippen molar-refractivity contribution in [2.45, 2.75) is 72.6 Å². The van der Waals surface area contributed by atoms with Crippen molar-refractivity contribution in [3.05, 3.63) is 65.4 Å². The minimum atomic E-state index is 0.102. The molecule has 1 nitrogen and oxygen atoms in total. The van der Waals surface area contributed by atoms with Gasteiger partial charge in [0.15, 0.2) is 0 Å². The molecule has 0 saturated carbocycles. The number of rotatable bonds is 3. The molecule has 148 valence electrons. The predicted octanol–water partition coefficient (Wildman–Crippen LogP) is 7.70. The number of hydrogen-bond acceptors (Lipinski definition) is 1. The average molecular weight is 374 g/mol. The highest BCUT2D eigenvalue weighted by Crippen LogP contribution is 2.35. The normalized spacial score (nSPS) is 12.8. The molecule has 0 unspecified atom stereocenters. The van der Waals surface area contributed by atoms with Gasteiger partial charge in [-0.2, -0.15) is 0 Å². The van der Waals surface area contributed by atoms with Crippen molar-refractivity contribution in [2.75, 3.05) is 0 Å². The van der Waals surface area contributed by atoms with Crippen LogP contribution < -0.4 is 0 Å². The second-order valence-corrected chi connectivity index (χ2v) is 10.6. The Kier molecular flexibility index (Phi) is 5.40. The fraction of sp³-hybridized carbons (Fsp3) is 0.444. The van der Waals surface area contributed by atoms with Gasteiger partial charge >= 0.3 is 0 Å². The maximum absolute atomic E-state index is 4.81. The Hall–Kier alpha value is -2.15. The van der Waals surface area contributed by atoms with Gasteiger partial charge in [-0.3, -0.25) is 4.98 Å². The molecule has 0 fully saturated rings. The van der Waals surface area contributed by atoms with Crippen LogP contribution in [-0.2, 0) is 17.3 Å². The molecule has 2 aromatic carbocycles. The lowest BCUT2D eigenvalue weighted by molar-refractivity contribution is 0.569. The lowest BCUT2D eigenvalue weighted by atomic mass is 9.79. The van der Waals surface area contributed by atoms with Crippen LogP contribution in [-0.4, -0.2) is 4.98 Å². The zero-order chi connectivity index (χ0) is 20.7. The molecule has 0 spiro atoms. The molecule has 0 N–H and O–H groups in total. The van der Waals surface area contributed by atoms with E-state index in [0.29, 0.717) is 5.92 Å². The Morgan fingerprint density at radius 3 is 1.93 bits per heavy atom. The van der Waals surface area contributed by atoms with Crippen LogP contribution in [0.1, 0.15) is 72.1 Å². The SMILES string of the molecule is CC(C)Cc1ccc2c(-c3cc(C(C)(C)C)cc(C(C)(C)C)c3)nccc2c1. The van der Waals surface area contributed by atoms with Crippen LogP contribution in [0.25, 0.3) is 22.0 Å². The van der Waals surface area contributed by atoms with Crippen LogP contribution in [0.2, 0.25) is 0 Å².